The van der Waals surface area contributed by atoms with E-state index < -0.39 is 17.6 Å². The zero-order chi connectivity index (χ0) is 26.7. The fraction of sp³-hybridized carbons (Fsp3) is 0.280. The minimum Gasteiger partial charge on any atom is -0.397 e. The van der Waals surface area contributed by atoms with Crippen LogP contribution in [0.2, 0.25) is 0 Å². The summed E-state index contributed by atoms with van der Waals surface area (Å²) in [4.78, 5) is 14.9. The summed E-state index contributed by atoms with van der Waals surface area (Å²) < 4.78 is 40.8. The van der Waals surface area contributed by atoms with Crippen LogP contribution in [0.25, 0.3) is 5.70 Å². The number of hydrogen-bond acceptors (Lipinski definition) is 7. The van der Waals surface area contributed by atoms with Gasteiger partial charge in [-0.1, -0.05) is 6.07 Å². The molecule has 0 saturated carbocycles. The van der Waals surface area contributed by atoms with Crippen LogP contribution in [0.3, 0.4) is 0 Å². The minimum absolute atomic E-state index is 0.0552. The van der Waals surface area contributed by atoms with Gasteiger partial charge >= 0.3 is 6.18 Å². The van der Waals surface area contributed by atoms with Gasteiger partial charge in [0.05, 0.1) is 23.1 Å². The summed E-state index contributed by atoms with van der Waals surface area (Å²) in [7, 11) is 0. The van der Waals surface area contributed by atoms with Gasteiger partial charge in [-0.25, -0.2) is 5.84 Å². The molecule has 196 valence electrons. The van der Waals surface area contributed by atoms with Crippen molar-refractivity contribution in [2.75, 3.05) is 41.4 Å². The number of aryl methyl sites for hydroxylation is 2. The number of piperazine rings is 1. The molecule has 1 aliphatic rings. The average Bonchev–Trinajstić information content (AvgIpc) is 3.30. The maximum atomic E-state index is 13.6. The molecule has 1 aromatic heterocycles. The smallest absolute Gasteiger partial charge is 0.397 e. The minimum atomic E-state index is -4.56. The van der Waals surface area contributed by atoms with Gasteiger partial charge in [-0.2, -0.15) is 18.3 Å². The van der Waals surface area contributed by atoms with Crippen LogP contribution in [0.4, 0.5) is 30.2 Å². The molecular weight excluding hydrogens is 485 g/mol. The molecule has 0 unspecified atom stereocenters. The number of anilines is 3. The van der Waals surface area contributed by atoms with Gasteiger partial charge in [0.15, 0.2) is 0 Å². The molecular formula is C25H29F3N8O. The Morgan fingerprint density at radius 3 is 2.54 bits per heavy atom. The number of aromatic amines is 1. The summed E-state index contributed by atoms with van der Waals surface area (Å²) in [5, 5.41) is 13.8. The maximum absolute atomic E-state index is 13.6. The maximum Gasteiger partial charge on any atom is 0.416 e. The van der Waals surface area contributed by atoms with Crippen molar-refractivity contribution >= 4 is 28.7 Å². The van der Waals surface area contributed by atoms with Crippen LogP contribution in [0, 0.1) is 13.8 Å². The highest BCUT2D eigenvalue weighted by Gasteiger charge is 2.32. The van der Waals surface area contributed by atoms with E-state index in [1.165, 1.54) is 11.2 Å². The average molecular weight is 515 g/mol. The van der Waals surface area contributed by atoms with Crippen LogP contribution in [-0.4, -0.2) is 42.3 Å². The van der Waals surface area contributed by atoms with Crippen molar-refractivity contribution in [1.82, 2.24) is 15.5 Å². The van der Waals surface area contributed by atoms with Crippen molar-refractivity contribution in [3.05, 3.63) is 76.7 Å². The SMILES string of the molecule is Cc1ccc(C(=O)Nc2cc(N3CCNCC3)cc(C(F)(F)F)c2)cc1N(N)/C=C(\N)c1cn[nH]c1C. The summed E-state index contributed by atoms with van der Waals surface area (Å²) in [6.45, 7) is 6.10. The van der Waals surface area contributed by atoms with Crippen LogP contribution < -0.4 is 32.1 Å². The summed E-state index contributed by atoms with van der Waals surface area (Å²) in [6, 6.07) is 8.44. The summed E-state index contributed by atoms with van der Waals surface area (Å²) in [5.41, 5.74) is 9.11. The van der Waals surface area contributed by atoms with Crippen molar-refractivity contribution in [2.45, 2.75) is 20.0 Å². The molecule has 0 radical (unpaired) electrons. The fourth-order valence-corrected chi connectivity index (χ4v) is 4.12. The van der Waals surface area contributed by atoms with E-state index in [1.54, 1.807) is 30.5 Å². The molecule has 0 bridgehead atoms. The Morgan fingerprint density at radius 1 is 1.16 bits per heavy atom. The first-order valence-corrected chi connectivity index (χ1v) is 11.6. The number of rotatable bonds is 6. The Morgan fingerprint density at radius 2 is 1.89 bits per heavy atom. The lowest BCUT2D eigenvalue weighted by atomic mass is 10.1. The summed E-state index contributed by atoms with van der Waals surface area (Å²) >= 11 is 0. The zero-order valence-corrected chi connectivity index (χ0v) is 20.5. The molecule has 2 aromatic carbocycles. The van der Waals surface area contributed by atoms with Crippen LogP contribution >= 0.6 is 0 Å². The number of carbonyl (C=O) groups excluding carboxylic acids is 1. The molecule has 3 aromatic rings. The highest BCUT2D eigenvalue weighted by atomic mass is 19.4. The molecule has 1 saturated heterocycles. The molecule has 12 heteroatoms. The Hall–Kier alpha value is -4.03. The van der Waals surface area contributed by atoms with Gasteiger partial charge in [0.1, 0.15) is 0 Å². The van der Waals surface area contributed by atoms with Gasteiger partial charge in [0.2, 0.25) is 0 Å². The van der Waals surface area contributed by atoms with Gasteiger partial charge in [-0.3, -0.25) is 14.9 Å². The molecule has 0 spiro atoms. The van der Waals surface area contributed by atoms with Crippen LogP contribution in [0.5, 0.6) is 0 Å². The molecule has 0 aliphatic carbocycles. The van der Waals surface area contributed by atoms with Crippen molar-refractivity contribution < 1.29 is 18.0 Å². The number of aromatic nitrogens is 2. The molecule has 1 amide bonds. The Kier molecular flexibility index (Phi) is 7.41. The molecule has 9 nitrogen and oxygen atoms in total. The quantitative estimate of drug-likeness (QED) is 0.252. The number of benzene rings is 2. The molecule has 37 heavy (non-hydrogen) atoms. The second-order valence-electron chi connectivity index (χ2n) is 8.86. The van der Waals surface area contributed by atoms with E-state index in [0.717, 1.165) is 23.4 Å². The van der Waals surface area contributed by atoms with Gasteiger partial charge in [-0.15, -0.1) is 0 Å². The van der Waals surface area contributed by atoms with Gasteiger partial charge < -0.3 is 21.3 Å². The van der Waals surface area contributed by atoms with Gasteiger partial charge in [-0.05, 0) is 49.7 Å². The number of alkyl halides is 3. The summed E-state index contributed by atoms with van der Waals surface area (Å²) in [5.74, 6) is 5.66. The number of halogens is 3. The molecule has 2 heterocycles. The van der Waals surface area contributed by atoms with Crippen molar-refractivity contribution in [1.29, 1.82) is 0 Å². The van der Waals surface area contributed by atoms with E-state index in [4.69, 9.17) is 11.6 Å². The van der Waals surface area contributed by atoms with E-state index in [1.807, 2.05) is 18.7 Å². The van der Waals surface area contributed by atoms with Crippen LogP contribution in [0.1, 0.15) is 32.7 Å². The third-order valence-corrected chi connectivity index (χ3v) is 6.15. The standard InChI is InChI=1S/C25H29F3N8O/c1-15-3-4-17(9-23(15)36(30)14-22(29)21-13-32-34-16(21)2)24(37)33-19-10-18(25(26,27)28)11-20(12-19)35-7-5-31-6-8-35/h3-4,9-14,31H,5-8,29-30H2,1-2H3,(H,32,34)(H,33,37)/b22-14-. The number of nitrogens with two attached hydrogens (primary N) is 2. The Balaban J connectivity index is 1.60. The zero-order valence-electron chi connectivity index (χ0n) is 20.5. The molecule has 1 aliphatic heterocycles. The predicted octanol–water partition coefficient (Wildman–Crippen LogP) is 3.34. The second kappa shape index (κ2) is 10.5. The normalized spacial score (nSPS) is 14.5. The highest BCUT2D eigenvalue weighted by molar-refractivity contribution is 6.05. The van der Waals surface area contributed by atoms with Gasteiger partial charge in [0.25, 0.3) is 5.91 Å². The number of amides is 1. The largest absolute Gasteiger partial charge is 0.416 e. The third kappa shape index (κ3) is 6.04. The van der Waals surface area contributed by atoms with Crippen LogP contribution in [-0.2, 0) is 6.18 Å². The third-order valence-electron chi connectivity index (χ3n) is 6.15. The van der Waals surface area contributed by atoms with Gasteiger partial charge in [0, 0.05) is 60.6 Å². The molecule has 4 rings (SSSR count). The lowest BCUT2D eigenvalue weighted by Crippen LogP contribution is -2.43. The number of nitrogens with zero attached hydrogens (tertiary/aromatic N) is 3. The molecule has 1 fully saturated rings. The first-order chi connectivity index (χ1) is 17.5. The Labute approximate surface area is 212 Å². The summed E-state index contributed by atoms with van der Waals surface area (Å²) in [6.07, 6.45) is -1.47. The molecule has 7 N–H and O–H groups in total. The lowest BCUT2D eigenvalue weighted by Gasteiger charge is -2.30. The topological polar surface area (TPSA) is 128 Å². The van der Waals surface area contributed by atoms with E-state index in [9.17, 15) is 18.0 Å². The number of hydrogen-bond donors (Lipinski definition) is 5. The van der Waals surface area contributed by atoms with E-state index in [-0.39, 0.29) is 11.3 Å². The number of H-pyrrole nitrogens is 1. The predicted molar refractivity (Wildman–Crippen MR) is 138 cm³/mol. The second-order valence-corrected chi connectivity index (χ2v) is 8.86. The van der Waals surface area contributed by atoms with E-state index in [2.05, 4.69) is 20.8 Å². The molecule has 0 atom stereocenters. The van der Waals surface area contributed by atoms with E-state index in [0.29, 0.717) is 48.8 Å². The lowest BCUT2D eigenvalue weighted by molar-refractivity contribution is -0.137. The first kappa shape index (κ1) is 26.0. The first-order valence-electron chi connectivity index (χ1n) is 11.6. The number of hydrazine groups is 1. The monoisotopic (exact) mass is 514 g/mol. The number of carbonyl (C=O) groups is 1. The van der Waals surface area contributed by atoms with Crippen LogP contribution in [0.15, 0.2) is 48.8 Å². The van der Waals surface area contributed by atoms with Crippen molar-refractivity contribution in [2.24, 2.45) is 11.6 Å². The fourth-order valence-electron chi connectivity index (χ4n) is 4.12. The Bertz CT molecular complexity index is 1310. The van der Waals surface area contributed by atoms with Crippen molar-refractivity contribution in [3.63, 3.8) is 0 Å². The van der Waals surface area contributed by atoms with E-state index >= 15 is 0 Å². The number of nitrogens with one attached hydrogen (secondary N) is 3. The van der Waals surface area contributed by atoms with Crippen molar-refractivity contribution in [3.8, 4) is 0 Å². The highest BCUT2D eigenvalue weighted by Crippen LogP contribution is 2.35.